The molecule has 0 aliphatic carbocycles. The maximum atomic E-state index is 5.37. The fourth-order valence-electron chi connectivity index (χ4n) is 1.66. The Hall–Kier alpha value is -0.720. The van der Waals surface area contributed by atoms with E-state index in [1.165, 1.54) is 38.5 Å². The molecule has 0 saturated heterocycles. The van der Waals surface area contributed by atoms with Crippen LogP contribution in [0.1, 0.15) is 52.4 Å². The molecule has 0 bridgehead atoms. The van der Waals surface area contributed by atoms with Gasteiger partial charge < -0.3 is 4.74 Å². The summed E-state index contributed by atoms with van der Waals surface area (Å²) in [5.74, 6) is 1.63. The molecule has 0 aromatic carbocycles. The monoisotopic (exact) mass is 194 g/mol. The van der Waals surface area contributed by atoms with Gasteiger partial charge in [-0.15, -0.1) is 0 Å². The highest BCUT2D eigenvalue weighted by Gasteiger charge is 2.10. The Kier molecular flexibility index (Phi) is 5.43. The molecule has 0 aromatic heterocycles. The molecule has 1 nitrogen and oxygen atoms in total. The number of ether oxygens (including phenoxy) is 1. The molecule has 0 amide bonds. The normalized spacial score (nSPS) is 23.0. The lowest BCUT2D eigenvalue weighted by Crippen LogP contribution is -1.90. The van der Waals surface area contributed by atoms with Crippen LogP contribution in [0.4, 0.5) is 0 Å². The molecule has 1 aliphatic rings. The zero-order valence-electron chi connectivity index (χ0n) is 9.46. The molecule has 14 heavy (non-hydrogen) atoms. The smallest absolute Gasteiger partial charge is 0.106 e. The minimum absolute atomic E-state index is 0.491. The highest BCUT2D eigenvalue weighted by atomic mass is 16.5. The molecular weight excluding hydrogens is 172 g/mol. The van der Waals surface area contributed by atoms with E-state index < -0.39 is 0 Å². The first-order valence-corrected chi connectivity index (χ1v) is 5.88. The van der Waals surface area contributed by atoms with Crippen LogP contribution >= 0.6 is 0 Å². The van der Waals surface area contributed by atoms with Gasteiger partial charge >= 0.3 is 0 Å². The van der Waals surface area contributed by atoms with Crippen LogP contribution < -0.4 is 0 Å². The standard InChI is InChI=1S/C13H22O/c1-3-4-5-6-7-8-9-13-12(2)10-11-14-13/h9-12H,3-8H2,1-2H3/b13-9+. The molecule has 1 aliphatic heterocycles. The molecule has 0 fully saturated rings. The zero-order valence-corrected chi connectivity index (χ0v) is 9.46. The average Bonchev–Trinajstić information content (AvgIpc) is 2.58. The van der Waals surface area contributed by atoms with Crippen molar-refractivity contribution in [3.05, 3.63) is 24.2 Å². The van der Waals surface area contributed by atoms with E-state index in [4.69, 9.17) is 4.74 Å². The Morgan fingerprint density at radius 3 is 2.71 bits per heavy atom. The van der Waals surface area contributed by atoms with Crippen molar-refractivity contribution < 1.29 is 4.74 Å². The van der Waals surface area contributed by atoms with Crippen molar-refractivity contribution in [1.82, 2.24) is 0 Å². The highest BCUT2D eigenvalue weighted by molar-refractivity contribution is 5.11. The summed E-state index contributed by atoms with van der Waals surface area (Å²) < 4.78 is 5.37. The number of allylic oxidation sites excluding steroid dienone is 2. The fraction of sp³-hybridized carbons (Fsp3) is 0.692. The number of rotatable bonds is 6. The molecule has 0 N–H and O–H groups in total. The van der Waals surface area contributed by atoms with E-state index in [1.54, 1.807) is 6.26 Å². The molecule has 1 unspecified atom stereocenters. The van der Waals surface area contributed by atoms with E-state index >= 15 is 0 Å². The maximum Gasteiger partial charge on any atom is 0.106 e. The Balaban J connectivity index is 2.03. The number of hydrogen-bond acceptors (Lipinski definition) is 1. The van der Waals surface area contributed by atoms with Gasteiger partial charge in [0.05, 0.1) is 6.26 Å². The minimum Gasteiger partial charge on any atom is -0.469 e. The fourth-order valence-corrected chi connectivity index (χ4v) is 1.66. The van der Waals surface area contributed by atoms with Gasteiger partial charge in [-0.05, 0) is 25.0 Å². The second-order valence-corrected chi connectivity index (χ2v) is 4.04. The summed E-state index contributed by atoms with van der Waals surface area (Å²) in [6, 6.07) is 0. The van der Waals surface area contributed by atoms with E-state index in [9.17, 15) is 0 Å². The highest BCUT2D eigenvalue weighted by Crippen LogP contribution is 2.21. The predicted octanol–water partition coefficient (Wildman–Crippen LogP) is 4.41. The van der Waals surface area contributed by atoms with E-state index in [-0.39, 0.29) is 0 Å². The van der Waals surface area contributed by atoms with Crippen LogP contribution in [0, 0.1) is 5.92 Å². The van der Waals surface area contributed by atoms with Crippen molar-refractivity contribution in [2.45, 2.75) is 52.4 Å². The van der Waals surface area contributed by atoms with Gasteiger partial charge in [0, 0.05) is 5.92 Å². The lowest BCUT2D eigenvalue weighted by Gasteiger charge is -2.03. The van der Waals surface area contributed by atoms with Crippen molar-refractivity contribution in [2.24, 2.45) is 5.92 Å². The topological polar surface area (TPSA) is 9.23 Å². The summed E-state index contributed by atoms with van der Waals surface area (Å²) >= 11 is 0. The van der Waals surface area contributed by atoms with E-state index in [0.29, 0.717) is 5.92 Å². The first kappa shape index (κ1) is 11.4. The van der Waals surface area contributed by atoms with Gasteiger partial charge in [-0.25, -0.2) is 0 Å². The third-order valence-corrected chi connectivity index (χ3v) is 2.67. The largest absolute Gasteiger partial charge is 0.469 e. The van der Waals surface area contributed by atoms with Crippen molar-refractivity contribution in [3.8, 4) is 0 Å². The van der Waals surface area contributed by atoms with Gasteiger partial charge in [0.1, 0.15) is 5.76 Å². The summed E-state index contributed by atoms with van der Waals surface area (Å²) in [6.45, 7) is 4.42. The zero-order chi connectivity index (χ0) is 10.2. The van der Waals surface area contributed by atoms with Gasteiger partial charge in [0.25, 0.3) is 0 Å². The van der Waals surface area contributed by atoms with Crippen LogP contribution in [0.3, 0.4) is 0 Å². The Morgan fingerprint density at radius 1 is 1.29 bits per heavy atom. The van der Waals surface area contributed by atoms with Crippen LogP contribution in [-0.2, 0) is 4.74 Å². The number of hydrogen-bond donors (Lipinski definition) is 0. The van der Waals surface area contributed by atoms with Crippen molar-refractivity contribution in [2.75, 3.05) is 0 Å². The lowest BCUT2D eigenvalue weighted by atomic mass is 10.1. The van der Waals surface area contributed by atoms with Gasteiger partial charge in [0.2, 0.25) is 0 Å². The quantitative estimate of drug-likeness (QED) is 0.569. The van der Waals surface area contributed by atoms with Crippen LogP contribution in [-0.4, -0.2) is 0 Å². The van der Waals surface area contributed by atoms with E-state index in [2.05, 4.69) is 26.0 Å². The van der Waals surface area contributed by atoms with Crippen molar-refractivity contribution >= 4 is 0 Å². The van der Waals surface area contributed by atoms with Crippen LogP contribution in [0.15, 0.2) is 24.2 Å². The molecular formula is C13H22O. The van der Waals surface area contributed by atoms with Crippen LogP contribution in [0.5, 0.6) is 0 Å². The molecule has 0 radical (unpaired) electrons. The second-order valence-electron chi connectivity index (χ2n) is 4.04. The summed E-state index contributed by atoms with van der Waals surface area (Å²) in [5.41, 5.74) is 0. The first-order chi connectivity index (χ1) is 6.84. The molecule has 80 valence electrons. The van der Waals surface area contributed by atoms with E-state index in [0.717, 1.165) is 5.76 Å². The van der Waals surface area contributed by atoms with Crippen molar-refractivity contribution in [1.29, 1.82) is 0 Å². The Labute approximate surface area is 87.8 Å². The molecule has 1 heterocycles. The predicted molar refractivity (Wildman–Crippen MR) is 60.8 cm³/mol. The Bertz CT molecular complexity index is 203. The second kappa shape index (κ2) is 6.69. The number of unbranched alkanes of at least 4 members (excludes halogenated alkanes) is 5. The summed E-state index contributed by atoms with van der Waals surface area (Å²) in [4.78, 5) is 0. The van der Waals surface area contributed by atoms with Gasteiger partial charge in [-0.1, -0.05) is 39.5 Å². The van der Waals surface area contributed by atoms with Crippen molar-refractivity contribution in [3.63, 3.8) is 0 Å². The Morgan fingerprint density at radius 2 is 2.07 bits per heavy atom. The van der Waals surface area contributed by atoms with Gasteiger partial charge in [0.15, 0.2) is 0 Å². The molecule has 1 heteroatoms. The van der Waals surface area contributed by atoms with Gasteiger partial charge in [-0.2, -0.15) is 0 Å². The average molecular weight is 194 g/mol. The SMILES string of the molecule is CCCCCCC/C=C1/OC=CC1C. The molecule has 1 rings (SSSR count). The summed E-state index contributed by atoms with van der Waals surface area (Å²) in [5, 5.41) is 0. The molecule has 1 atom stereocenters. The van der Waals surface area contributed by atoms with E-state index in [1.807, 2.05) is 0 Å². The summed E-state index contributed by atoms with van der Waals surface area (Å²) in [6.07, 6.45) is 14.1. The third-order valence-electron chi connectivity index (χ3n) is 2.67. The van der Waals surface area contributed by atoms with Gasteiger partial charge in [-0.3, -0.25) is 0 Å². The summed E-state index contributed by atoms with van der Waals surface area (Å²) in [7, 11) is 0. The molecule has 0 saturated carbocycles. The third kappa shape index (κ3) is 3.99. The van der Waals surface area contributed by atoms with Crippen LogP contribution in [0.2, 0.25) is 0 Å². The minimum atomic E-state index is 0.491. The van der Waals surface area contributed by atoms with Crippen LogP contribution in [0.25, 0.3) is 0 Å². The maximum absolute atomic E-state index is 5.37. The lowest BCUT2D eigenvalue weighted by molar-refractivity contribution is 0.344. The first-order valence-electron chi connectivity index (χ1n) is 5.88. The molecule has 0 aromatic rings. The molecule has 0 spiro atoms.